The molecule has 0 bridgehead atoms. The summed E-state index contributed by atoms with van der Waals surface area (Å²) in [6.07, 6.45) is -14.5. The van der Waals surface area contributed by atoms with Crippen LogP contribution in [0.5, 0.6) is 0 Å². The van der Waals surface area contributed by atoms with Gasteiger partial charge < -0.3 is 88.6 Å². The summed E-state index contributed by atoms with van der Waals surface area (Å²) in [6, 6.07) is 0. The molecule has 1 spiro atoms. The maximum Gasteiger partial charge on any atom is 0.303 e. The molecule has 19 heteroatoms. The van der Waals surface area contributed by atoms with Gasteiger partial charge in [0.25, 0.3) is 0 Å². The van der Waals surface area contributed by atoms with Crippen LogP contribution in [0, 0.1) is 34.5 Å². The van der Waals surface area contributed by atoms with E-state index in [-0.39, 0.29) is 23.2 Å². The second-order valence-electron chi connectivity index (χ2n) is 21.4. The van der Waals surface area contributed by atoms with Crippen molar-refractivity contribution in [3.8, 4) is 0 Å². The normalized spacial score (nSPS) is 56.6. The van der Waals surface area contributed by atoms with Crippen LogP contribution in [0.4, 0.5) is 0 Å². The van der Waals surface area contributed by atoms with E-state index in [1.807, 2.05) is 6.92 Å². The smallest absolute Gasteiger partial charge is 0.303 e. The molecule has 0 aromatic rings. The number of fused-ring (bicyclic) bond motifs is 7. The lowest BCUT2D eigenvalue weighted by atomic mass is 9.44. The maximum atomic E-state index is 13.1. The predicted molar refractivity (Wildman–Crippen MR) is 221 cm³/mol. The minimum atomic E-state index is -1.78. The second-order valence-corrected chi connectivity index (χ2v) is 21.4. The van der Waals surface area contributed by atoms with Crippen LogP contribution >= 0.6 is 0 Å². The van der Waals surface area contributed by atoms with E-state index in [0.29, 0.717) is 57.5 Å². The second kappa shape index (κ2) is 17.4. The van der Waals surface area contributed by atoms with Gasteiger partial charge in [-0.1, -0.05) is 39.3 Å². The number of aliphatic hydroxyl groups is 9. The van der Waals surface area contributed by atoms with Gasteiger partial charge in [-0.3, -0.25) is 4.79 Å². The number of aliphatic hydroxyl groups excluding tert-OH is 7. The molecular weight excluding hydrogens is 856 g/mol. The highest BCUT2D eigenvalue weighted by molar-refractivity contribution is 5.66. The van der Waals surface area contributed by atoms with Crippen LogP contribution in [0.1, 0.15) is 99.3 Å². The molecule has 25 atom stereocenters. The zero-order valence-electron chi connectivity index (χ0n) is 38.2. The number of carbonyl (C=O) groups excluding carboxylic acids is 1. The summed E-state index contributed by atoms with van der Waals surface area (Å²) in [5.41, 5.74) is -2.48. The fourth-order valence-corrected chi connectivity index (χ4v) is 13.9. The molecule has 19 nitrogen and oxygen atoms in total. The molecule has 9 N–H and O–H groups in total. The van der Waals surface area contributed by atoms with E-state index in [0.717, 1.165) is 25.3 Å². The van der Waals surface area contributed by atoms with Crippen LogP contribution in [0.2, 0.25) is 0 Å². The SMILES string of the molecule is CC(=O)O[C@H]1[C@H](O[C@H]2[C@H](O[C@H]3CC[C@@]4(C)C(=CC[C@@H]5[C@@H]4CC[C@]4(C)[C@]6(O)[C@H](C[C@@]54O)O[C@]4(CC[C@@H](C)CO4)[C@H]6C)C3)O[C@H](CO)[C@@H](O)[C@@H]2O[C@@H]2OC[C@@H](O)[C@H](O)[C@H]2O)O[C@@H](C)[C@H](O)[C@H]1O. The Morgan fingerprint density at radius 3 is 2.20 bits per heavy atom. The number of rotatable bonds is 8. The molecule has 3 saturated carbocycles. The Morgan fingerprint density at radius 1 is 0.785 bits per heavy atom. The average molecular weight is 929 g/mol. The summed E-state index contributed by atoms with van der Waals surface area (Å²) in [5, 5.41) is 101. The fraction of sp³-hybridized carbons (Fsp3) is 0.935. The quantitative estimate of drug-likeness (QED) is 0.111. The molecule has 0 aromatic heterocycles. The van der Waals surface area contributed by atoms with Gasteiger partial charge in [0, 0.05) is 31.1 Å². The van der Waals surface area contributed by atoms with Gasteiger partial charge in [0.05, 0.1) is 43.7 Å². The minimum absolute atomic E-state index is 0.0925. The lowest BCUT2D eigenvalue weighted by Crippen LogP contribution is -2.67. The number of hydrogen-bond donors (Lipinski definition) is 9. The standard InChI is InChI=1S/C46H72O19/c1-20-9-14-45(58-18-20)22(3)46(56)30(65-45)16-44(55)27-8-7-24-15-25(10-12-42(24,5)26(27)11-13-43(44,46)6)61-41-38(64-40-37(60-23(4)48)34(53)31(50)21(2)59-40)36(33(52)29(17-47)62-41)63-39-35(54)32(51)28(49)19-57-39/h7,20-22,25-41,47,49-56H,8-19H2,1-6H3/t20-,21+,22-,25+,26+,27-,28-,29-,30+,31+,32+,33-,34-,35-,36+,37-,38-,39+,40+,41-,42+,43+,44-,45-,46-/m1/s1. The van der Waals surface area contributed by atoms with E-state index in [2.05, 4.69) is 26.8 Å². The molecule has 65 heavy (non-hydrogen) atoms. The zero-order chi connectivity index (χ0) is 46.8. The van der Waals surface area contributed by atoms with Gasteiger partial charge in [0.15, 0.2) is 30.8 Å². The first kappa shape index (κ1) is 48.5. The van der Waals surface area contributed by atoms with Gasteiger partial charge >= 0.3 is 5.97 Å². The van der Waals surface area contributed by atoms with E-state index in [1.165, 1.54) is 6.92 Å². The Morgan fingerprint density at radius 2 is 1.51 bits per heavy atom. The molecule has 0 unspecified atom stereocenters. The van der Waals surface area contributed by atoms with Crippen molar-refractivity contribution in [3.05, 3.63) is 11.6 Å². The van der Waals surface area contributed by atoms with Crippen LogP contribution in [0.3, 0.4) is 0 Å². The maximum absolute atomic E-state index is 13.1. The predicted octanol–water partition coefficient (Wildman–Crippen LogP) is -0.346. The molecule has 9 aliphatic rings. The van der Waals surface area contributed by atoms with Gasteiger partial charge in [-0.15, -0.1) is 0 Å². The van der Waals surface area contributed by atoms with E-state index >= 15 is 0 Å². The third-order valence-electron chi connectivity index (χ3n) is 18.0. The molecule has 8 fully saturated rings. The average Bonchev–Trinajstić information content (AvgIpc) is 3.58. The molecule has 5 saturated heterocycles. The number of ether oxygens (including phenoxy) is 9. The third-order valence-corrected chi connectivity index (χ3v) is 18.0. The Labute approximate surface area is 379 Å². The van der Waals surface area contributed by atoms with Crippen molar-refractivity contribution in [3.63, 3.8) is 0 Å². The number of hydrogen-bond acceptors (Lipinski definition) is 19. The van der Waals surface area contributed by atoms with Crippen LogP contribution < -0.4 is 0 Å². The summed E-state index contributed by atoms with van der Waals surface area (Å²) in [4.78, 5) is 12.2. The molecule has 0 aromatic carbocycles. The monoisotopic (exact) mass is 928 g/mol. The lowest BCUT2D eigenvalue weighted by molar-refractivity contribution is -0.390. The van der Waals surface area contributed by atoms with Crippen molar-refractivity contribution >= 4 is 5.97 Å². The Balaban J connectivity index is 0.969. The van der Waals surface area contributed by atoms with Crippen LogP contribution in [0.15, 0.2) is 11.6 Å². The zero-order valence-corrected chi connectivity index (χ0v) is 38.2. The van der Waals surface area contributed by atoms with Crippen molar-refractivity contribution in [2.45, 2.75) is 215 Å². The molecule has 4 aliphatic carbocycles. The summed E-state index contributed by atoms with van der Waals surface area (Å²) < 4.78 is 55.5. The number of esters is 1. The highest BCUT2D eigenvalue weighted by Crippen LogP contribution is 2.73. The minimum Gasteiger partial charge on any atom is -0.454 e. The third kappa shape index (κ3) is 7.52. The summed E-state index contributed by atoms with van der Waals surface area (Å²) >= 11 is 0. The van der Waals surface area contributed by atoms with Gasteiger partial charge in [-0.2, -0.15) is 0 Å². The summed E-state index contributed by atoms with van der Waals surface area (Å²) in [7, 11) is 0. The number of allylic oxidation sites excluding steroid dienone is 1. The van der Waals surface area contributed by atoms with Gasteiger partial charge in [0.1, 0.15) is 60.5 Å². The highest BCUT2D eigenvalue weighted by Gasteiger charge is 2.81. The highest BCUT2D eigenvalue weighted by atomic mass is 16.8. The van der Waals surface area contributed by atoms with Gasteiger partial charge in [-0.25, -0.2) is 0 Å². The van der Waals surface area contributed by atoms with E-state index < -0.39 is 140 Å². The molecule has 370 valence electrons. The largest absolute Gasteiger partial charge is 0.454 e. The van der Waals surface area contributed by atoms with Crippen molar-refractivity contribution < 1.29 is 93.4 Å². The molecule has 0 radical (unpaired) electrons. The first-order chi connectivity index (χ1) is 30.6. The molecule has 0 amide bonds. The summed E-state index contributed by atoms with van der Waals surface area (Å²) in [5.74, 6) is -1.64. The van der Waals surface area contributed by atoms with Crippen molar-refractivity contribution in [2.24, 2.45) is 34.5 Å². The first-order valence-electron chi connectivity index (χ1n) is 23.8. The van der Waals surface area contributed by atoms with Crippen molar-refractivity contribution in [1.82, 2.24) is 0 Å². The molecule has 5 heterocycles. The lowest BCUT2D eigenvalue weighted by Gasteiger charge is -2.63. The Bertz CT molecular complexity index is 1780. The van der Waals surface area contributed by atoms with E-state index in [1.54, 1.807) is 0 Å². The molecular formula is C46H72O19. The molecule has 9 rings (SSSR count). The summed E-state index contributed by atoms with van der Waals surface area (Å²) in [6.45, 7) is 10.5. The first-order valence-corrected chi connectivity index (χ1v) is 23.8. The van der Waals surface area contributed by atoms with E-state index in [9.17, 15) is 50.8 Å². The topological polar surface area (TPSA) is 282 Å². The van der Waals surface area contributed by atoms with Gasteiger partial charge in [0.2, 0.25) is 0 Å². The Hall–Kier alpha value is -1.47. The van der Waals surface area contributed by atoms with Gasteiger partial charge in [-0.05, 0) is 75.0 Å². The van der Waals surface area contributed by atoms with Crippen molar-refractivity contribution in [1.29, 1.82) is 0 Å². The Kier molecular flexibility index (Phi) is 13.0. The number of carbonyl (C=O) groups is 1. The van der Waals surface area contributed by atoms with Crippen LogP contribution in [-0.2, 0) is 47.4 Å². The molecule has 5 aliphatic heterocycles. The van der Waals surface area contributed by atoms with Crippen LogP contribution in [-0.4, -0.2) is 187 Å². The van der Waals surface area contributed by atoms with E-state index in [4.69, 9.17) is 42.6 Å². The van der Waals surface area contributed by atoms with Crippen molar-refractivity contribution in [2.75, 3.05) is 19.8 Å². The van der Waals surface area contributed by atoms with Crippen LogP contribution in [0.25, 0.3) is 0 Å². The fourth-order valence-electron chi connectivity index (χ4n) is 13.9.